The summed E-state index contributed by atoms with van der Waals surface area (Å²) < 4.78 is 0. The second-order valence-corrected chi connectivity index (χ2v) is 4.68. The van der Waals surface area contributed by atoms with Gasteiger partial charge in [0.1, 0.15) is 0 Å². The van der Waals surface area contributed by atoms with Gasteiger partial charge in [0.15, 0.2) is 0 Å². The van der Waals surface area contributed by atoms with Crippen LogP contribution in [0.1, 0.15) is 10.7 Å². The molecule has 0 atom stereocenters. The van der Waals surface area contributed by atoms with Gasteiger partial charge < -0.3 is 4.98 Å². The highest BCUT2D eigenvalue weighted by Crippen LogP contribution is 2.22. The molecule has 0 saturated heterocycles. The maximum absolute atomic E-state index is 4.63. The second kappa shape index (κ2) is 4.51. The minimum Gasteiger partial charge on any atom is -0.365 e. The average molecular weight is 241 g/mol. The summed E-state index contributed by atoms with van der Waals surface area (Å²) in [5.74, 6) is 0. The zero-order chi connectivity index (χ0) is 11.5. The Kier molecular flexibility index (Phi) is 2.71. The van der Waals surface area contributed by atoms with E-state index in [4.69, 9.17) is 0 Å². The molecule has 0 radical (unpaired) electrons. The molecule has 84 valence electrons. The summed E-state index contributed by atoms with van der Waals surface area (Å²) in [6, 6.07) is 8.04. The van der Waals surface area contributed by atoms with Crippen LogP contribution in [-0.2, 0) is 6.42 Å². The Bertz CT molecular complexity index is 584. The zero-order valence-electron chi connectivity index (χ0n) is 9.13. The second-order valence-electron chi connectivity index (χ2n) is 3.73. The van der Waals surface area contributed by atoms with E-state index in [1.165, 1.54) is 5.69 Å². The number of pyridine rings is 1. The van der Waals surface area contributed by atoms with Gasteiger partial charge in [0.25, 0.3) is 0 Å². The number of nitrogens with zero attached hydrogens (tertiary/aromatic N) is 2. The fourth-order valence-corrected chi connectivity index (χ4v) is 2.51. The lowest BCUT2D eigenvalue weighted by atomic mass is 10.2. The van der Waals surface area contributed by atoms with Crippen LogP contribution in [-0.4, -0.2) is 15.0 Å². The molecule has 0 saturated carbocycles. The highest BCUT2D eigenvalue weighted by atomic mass is 32.1. The van der Waals surface area contributed by atoms with Crippen molar-refractivity contribution < 1.29 is 0 Å². The molecule has 3 nitrogen and oxygen atoms in total. The summed E-state index contributed by atoms with van der Waals surface area (Å²) in [5, 5.41) is 3.22. The van der Waals surface area contributed by atoms with Crippen molar-refractivity contribution in [2.24, 2.45) is 0 Å². The number of nitrogens with one attached hydrogen (secondary N) is 1. The van der Waals surface area contributed by atoms with Crippen molar-refractivity contribution in [1.82, 2.24) is 15.0 Å². The molecule has 0 aliphatic heterocycles. The van der Waals surface area contributed by atoms with E-state index in [2.05, 4.69) is 26.4 Å². The maximum Gasteiger partial charge on any atom is 0.0991 e. The van der Waals surface area contributed by atoms with Crippen LogP contribution in [0.2, 0.25) is 0 Å². The van der Waals surface area contributed by atoms with Crippen molar-refractivity contribution in [3.05, 3.63) is 58.9 Å². The van der Waals surface area contributed by atoms with Gasteiger partial charge in [0, 0.05) is 41.6 Å². The lowest BCUT2D eigenvalue weighted by molar-refractivity contribution is 1.08. The molecule has 0 bridgehead atoms. The van der Waals surface area contributed by atoms with Crippen molar-refractivity contribution in [2.45, 2.75) is 6.42 Å². The molecule has 0 spiro atoms. The smallest absolute Gasteiger partial charge is 0.0991 e. The van der Waals surface area contributed by atoms with Crippen LogP contribution in [0.5, 0.6) is 0 Å². The molecule has 0 unspecified atom stereocenters. The molecule has 4 heteroatoms. The third-order valence-corrected chi connectivity index (χ3v) is 3.38. The fraction of sp³-hybridized carbons (Fsp3) is 0.0769. The lowest BCUT2D eigenvalue weighted by Gasteiger charge is -1.94. The largest absolute Gasteiger partial charge is 0.365 e. The molecule has 1 N–H and O–H groups in total. The van der Waals surface area contributed by atoms with E-state index in [-0.39, 0.29) is 0 Å². The molecule has 3 rings (SSSR count). The van der Waals surface area contributed by atoms with Crippen LogP contribution >= 0.6 is 11.3 Å². The van der Waals surface area contributed by atoms with Gasteiger partial charge in [-0.3, -0.25) is 4.98 Å². The van der Waals surface area contributed by atoms with Crippen molar-refractivity contribution in [1.29, 1.82) is 0 Å². The van der Waals surface area contributed by atoms with Crippen LogP contribution in [0, 0.1) is 0 Å². The van der Waals surface area contributed by atoms with Gasteiger partial charge in [0.05, 0.1) is 10.7 Å². The first kappa shape index (κ1) is 10.2. The average Bonchev–Trinajstić information content (AvgIpc) is 3.02. The number of hydrogen-bond acceptors (Lipinski definition) is 3. The Morgan fingerprint density at radius 2 is 2.06 bits per heavy atom. The van der Waals surface area contributed by atoms with Gasteiger partial charge in [0.2, 0.25) is 0 Å². The molecular formula is C13H11N3S. The van der Waals surface area contributed by atoms with Crippen molar-refractivity contribution in [2.75, 3.05) is 0 Å². The van der Waals surface area contributed by atoms with Crippen LogP contribution in [0.25, 0.3) is 11.3 Å². The number of aromatic amines is 1. The molecule has 0 aromatic carbocycles. The molecule has 0 aliphatic carbocycles. The number of rotatable bonds is 3. The molecule has 3 aromatic rings. The minimum absolute atomic E-state index is 0.864. The van der Waals surface area contributed by atoms with Gasteiger partial charge in [-0.25, -0.2) is 4.98 Å². The first-order valence-electron chi connectivity index (χ1n) is 5.39. The molecule has 3 aromatic heterocycles. The first-order chi connectivity index (χ1) is 8.42. The Balaban J connectivity index is 1.84. The topological polar surface area (TPSA) is 41.6 Å². The van der Waals surface area contributed by atoms with Gasteiger partial charge in [-0.05, 0) is 24.3 Å². The number of H-pyrrole nitrogens is 1. The highest BCUT2D eigenvalue weighted by molar-refractivity contribution is 7.10. The van der Waals surface area contributed by atoms with Crippen LogP contribution in [0.3, 0.4) is 0 Å². The summed E-state index contributed by atoms with van der Waals surface area (Å²) in [6.07, 6.45) is 6.38. The number of thiazole rings is 1. The Hall–Kier alpha value is -1.94. The van der Waals surface area contributed by atoms with Crippen LogP contribution in [0.4, 0.5) is 0 Å². The summed E-state index contributed by atoms with van der Waals surface area (Å²) in [5.41, 5.74) is 3.34. The van der Waals surface area contributed by atoms with E-state index in [1.807, 2.05) is 24.4 Å². The van der Waals surface area contributed by atoms with E-state index in [1.54, 1.807) is 23.7 Å². The SMILES string of the molecule is c1c[nH]c(Cc2nc(-c3ccncc3)cs2)c1. The van der Waals surface area contributed by atoms with Crippen molar-refractivity contribution in [3.8, 4) is 11.3 Å². The Morgan fingerprint density at radius 1 is 1.18 bits per heavy atom. The monoisotopic (exact) mass is 241 g/mol. The van der Waals surface area contributed by atoms with Crippen molar-refractivity contribution in [3.63, 3.8) is 0 Å². The standard InChI is InChI=1S/C13H11N3S/c1-2-11(15-5-1)8-13-16-12(9-17-13)10-3-6-14-7-4-10/h1-7,9,15H,8H2. The molecule has 0 fully saturated rings. The van der Waals surface area contributed by atoms with Crippen LogP contribution in [0.15, 0.2) is 48.2 Å². The normalized spacial score (nSPS) is 10.6. The highest BCUT2D eigenvalue weighted by Gasteiger charge is 2.05. The molecular weight excluding hydrogens is 230 g/mol. The fourth-order valence-electron chi connectivity index (χ4n) is 1.69. The van der Waals surface area contributed by atoms with E-state index < -0.39 is 0 Å². The summed E-state index contributed by atoms with van der Waals surface area (Å²) >= 11 is 1.69. The zero-order valence-corrected chi connectivity index (χ0v) is 9.95. The third-order valence-electron chi connectivity index (χ3n) is 2.53. The van der Waals surface area contributed by atoms with Crippen molar-refractivity contribution >= 4 is 11.3 Å². The van der Waals surface area contributed by atoms with E-state index >= 15 is 0 Å². The lowest BCUT2D eigenvalue weighted by Crippen LogP contribution is -1.87. The quantitative estimate of drug-likeness (QED) is 0.765. The van der Waals surface area contributed by atoms with Gasteiger partial charge >= 0.3 is 0 Å². The summed E-state index contributed by atoms with van der Waals surface area (Å²) in [7, 11) is 0. The molecule has 3 heterocycles. The maximum atomic E-state index is 4.63. The van der Waals surface area contributed by atoms with Gasteiger partial charge in [-0.2, -0.15) is 0 Å². The Labute approximate surface area is 103 Å². The molecule has 0 aliphatic rings. The summed E-state index contributed by atoms with van der Waals surface area (Å²) in [6.45, 7) is 0. The van der Waals surface area contributed by atoms with E-state index in [9.17, 15) is 0 Å². The predicted octanol–water partition coefficient (Wildman–Crippen LogP) is 3.12. The molecule has 0 amide bonds. The van der Waals surface area contributed by atoms with E-state index in [0.717, 1.165) is 22.7 Å². The third kappa shape index (κ3) is 2.26. The first-order valence-corrected chi connectivity index (χ1v) is 6.27. The van der Waals surface area contributed by atoms with E-state index in [0.29, 0.717) is 0 Å². The van der Waals surface area contributed by atoms with Gasteiger partial charge in [-0.15, -0.1) is 11.3 Å². The predicted molar refractivity (Wildman–Crippen MR) is 68.9 cm³/mol. The van der Waals surface area contributed by atoms with Gasteiger partial charge in [-0.1, -0.05) is 0 Å². The minimum atomic E-state index is 0.864. The number of hydrogen-bond donors (Lipinski definition) is 1. The number of aromatic nitrogens is 3. The summed E-state index contributed by atoms with van der Waals surface area (Å²) in [4.78, 5) is 11.8. The Morgan fingerprint density at radius 3 is 2.82 bits per heavy atom. The molecule has 17 heavy (non-hydrogen) atoms. The van der Waals surface area contributed by atoms with Crippen LogP contribution < -0.4 is 0 Å².